The monoisotopic (exact) mass is 491 g/mol. The molecule has 0 amide bonds. The van der Waals surface area contributed by atoms with Gasteiger partial charge in [0.15, 0.2) is 0 Å². The highest BCUT2D eigenvalue weighted by atomic mass is 32.2. The van der Waals surface area contributed by atoms with Gasteiger partial charge in [-0.15, -0.1) is 11.3 Å². The van der Waals surface area contributed by atoms with Gasteiger partial charge in [-0.2, -0.15) is 0 Å². The molecule has 1 unspecified atom stereocenters. The van der Waals surface area contributed by atoms with E-state index in [1.165, 1.54) is 22.7 Å². The van der Waals surface area contributed by atoms with E-state index in [1.807, 2.05) is 23.1 Å². The second-order valence-electron chi connectivity index (χ2n) is 7.11. The van der Waals surface area contributed by atoms with Gasteiger partial charge in [-0.05, 0) is 23.7 Å². The van der Waals surface area contributed by atoms with Crippen LogP contribution in [0.3, 0.4) is 0 Å². The third-order valence-electron chi connectivity index (χ3n) is 4.95. The number of pyridine rings is 1. The Morgan fingerprint density at radius 2 is 2.12 bits per heavy atom. The Labute approximate surface area is 197 Å². The third-order valence-corrected chi connectivity index (χ3v) is 8.74. The lowest BCUT2D eigenvalue weighted by Crippen LogP contribution is -2.08. The third kappa shape index (κ3) is 4.48. The molecule has 1 atom stereocenters. The van der Waals surface area contributed by atoms with Gasteiger partial charge in [-0.3, -0.25) is 4.57 Å². The molecule has 0 saturated carbocycles. The number of nitrogens with zero attached hydrogens (tertiary/aromatic N) is 4. The molecule has 4 aromatic rings. The van der Waals surface area contributed by atoms with Gasteiger partial charge >= 0.3 is 0 Å². The van der Waals surface area contributed by atoms with Crippen LogP contribution in [0.25, 0.3) is 32.2 Å². The van der Waals surface area contributed by atoms with Crippen molar-refractivity contribution >= 4 is 49.8 Å². The first-order chi connectivity index (χ1) is 15.5. The number of nitrogen functional groups attached to an aromatic ring is 1. The van der Waals surface area contributed by atoms with Gasteiger partial charge in [-0.1, -0.05) is 24.7 Å². The Bertz CT molecular complexity index is 1190. The number of unbranched alkanes of at least 4 members (excludes halogenated alkanes) is 1. The number of imidazole rings is 1. The molecule has 8 nitrogen and oxygen atoms in total. The zero-order valence-corrected chi connectivity index (χ0v) is 20.6. The average molecular weight is 492 g/mol. The van der Waals surface area contributed by atoms with E-state index >= 15 is 0 Å². The fraction of sp³-hybridized carbons (Fsp3) is 0.381. The largest absolute Gasteiger partial charge is 0.611 e. The average Bonchev–Trinajstić information content (AvgIpc) is 3.52. The maximum atomic E-state index is 12.9. The highest BCUT2D eigenvalue weighted by Crippen LogP contribution is 2.44. The summed E-state index contributed by atoms with van der Waals surface area (Å²) in [4.78, 5) is 14.4. The van der Waals surface area contributed by atoms with Gasteiger partial charge in [0, 0.05) is 36.7 Å². The van der Waals surface area contributed by atoms with Crippen LogP contribution in [0.15, 0.2) is 28.0 Å². The number of anilines is 1. The molecule has 2 N–H and O–H groups in total. The predicted molar refractivity (Wildman–Crippen MR) is 131 cm³/mol. The molecule has 4 heterocycles. The first kappa shape index (κ1) is 23.0. The highest BCUT2D eigenvalue weighted by molar-refractivity contribution is 7.93. The quantitative estimate of drug-likeness (QED) is 0.259. The van der Waals surface area contributed by atoms with Gasteiger partial charge < -0.3 is 19.8 Å². The van der Waals surface area contributed by atoms with Crippen molar-refractivity contribution < 1.29 is 14.0 Å². The van der Waals surface area contributed by atoms with Crippen LogP contribution in [0.4, 0.5) is 5.69 Å². The molecule has 0 saturated heterocycles. The van der Waals surface area contributed by atoms with Crippen molar-refractivity contribution in [3.8, 4) is 28.0 Å². The molecule has 32 heavy (non-hydrogen) atoms. The summed E-state index contributed by atoms with van der Waals surface area (Å²) in [5.74, 6) is 0.589. The summed E-state index contributed by atoms with van der Waals surface area (Å²) in [5, 5.41) is 3.52. The maximum absolute atomic E-state index is 12.9. The second kappa shape index (κ2) is 10.2. The first-order valence-electron chi connectivity index (χ1n) is 10.2. The van der Waals surface area contributed by atoms with Gasteiger partial charge in [-0.25, -0.2) is 15.0 Å². The molecular weight excluding hydrogens is 466 g/mol. The summed E-state index contributed by atoms with van der Waals surface area (Å²) >= 11 is 1.75. The number of rotatable bonds is 10. The minimum absolute atomic E-state index is 0.401. The molecule has 0 aliphatic carbocycles. The zero-order chi connectivity index (χ0) is 22.7. The Balaban J connectivity index is 1.85. The molecule has 0 radical (unpaired) electrons. The lowest BCUT2D eigenvalue weighted by Gasteiger charge is -2.10. The Hall–Kier alpha value is -2.18. The van der Waals surface area contributed by atoms with Crippen molar-refractivity contribution in [1.29, 1.82) is 0 Å². The second-order valence-corrected chi connectivity index (χ2v) is 10.8. The topological polar surface area (TPSA) is 111 Å². The lowest BCUT2D eigenvalue weighted by atomic mass is 10.1. The molecule has 4 rings (SSSR count). The fourth-order valence-corrected chi connectivity index (χ4v) is 6.69. The Morgan fingerprint density at radius 1 is 1.28 bits per heavy atom. The summed E-state index contributed by atoms with van der Waals surface area (Å²) in [7, 11) is 3.52. The van der Waals surface area contributed by atoms with Crippen LogP contribution in [-0.4, -0.2) is 50.1 Å². The SMILES string of the molecule is CCCC[S+]([O-])c1sc2nc(-c3nccs3)cc(-c3cnc(OCCOC)n3C)c2c1N. The van der Waals surface area contributed by atoms with Gasteiger partial charge in [0.05, 0.1) is 18.5 Å². The maximum Gasteiger partial charge on any atom is 0.296 e. The number of thiazole rings is 1. The normalized spacial score (nSPS) is 12.5. The van der Waals surface area contributed by atoms with Crippen LogP contribution in [-0.2, 0) is 23.0 Å². The number of nitrogens with two attached hydrogens (primary N) is 1. The van der Waals surface area contributed by atoms with Crippen molar-refractivity contribution in [2.45, 2.75) is 24.0 Å². The molecule has 0 aliphatic rings. The zero-order valence-electron chi connectivity index (χ0n) is 18.2. The van der Waals surface area contributed by atoms with Crippen molar-refractivity contribution in [2.24, 2.45) is 7.05 Å². The number of aromatic nitrogens is 4. The summed E-state index contributed by atoms with van der Waals surface area (Å²) in [5.41, 5.74) is 9.53. The van der Waals surface area contributed by atoms with E-state index < -0.39 is 11.2 Å². The molecule has 0 aliphatic heterocycles. The smallest absolute Gasteiger partial charge is 0.296 e. The van der Waals surface area contributed by atoms with Crippen molar-refractivity contribution in [2.75, 3.05) is 31.8 Å². The lowest BCUT2D eigenvalue weighted by molar-refractivity contribution is 0.139. The molecular formula is C21H25N5O3S3. The molecule has 0 bridgehead atoms. The van der Waals surface area contributed by atoms with Crippen LogP contribution in [0.5, 0.6) is 6.01 Å². The molecule has 0 aromatic carbocycles. The molecule has 4 aromatic heterocycles. The standard InChI is InChI=1S/C21H25N5O3S3/c1-4-5-10-32(27)20-17(22)16-13(15-12-24-21(26(15)2)29-8-7-28-3)11-14(25-19(16)31-20)18-23-6-9-30-18/h6,9,11-12H,4-5,7-8,10,22H2,1-3H3. The molecule has 11 heteroatoms. The summed E-state index contributed by atoms with van der Waals surface area (Å²) < 4.78 is 26.3. The number of ether oxygens (including phenoxy) is 2. The first-order valence-corrected chi connectivity index (χ1v) is 13.2. The van der Waals surface area contributed by atoms with Gasteiger partial charge in [0.2, 0.25) is 4.21 Å². The van der Waals surface area contributed by atoms with Crippen LogP contribution in [0.2, 0.25) is 0 Å². The summed E-state index contributed by atoms with van der Waals surface area (Å²) in [6.45, 7) is 2.96. The van der Waals surface area contributed by atoms with Crippen LogP contribution in [0.1, 0.15) is 19.8 Å². The number of hydrogen-bond acceptors (Lipinski definition) is 9. The van der Waals surface area contributed by atoms with Gasteiger partial charge in [0.25, 0.3) is 6.01 Å². The van der Waals surface area contributed by atoms with E-state index in [0.29, 0.717) is 34.9 Å². The van der Waals surface area contributed by atoms with Crippen molar-refractivity contribution in [1.82, 2.24) is 19.5 Å². The van der Waals surface area contributed by atoms with Gasteiger partial charge in [0.1, 0.15) is 33.6 Å². The highest BCUT2D eigenvalue weighted by Gasteiger charge is 2.26. The van der Waals surface area contributed by atoms with E-state index in [9.17, 15) is 4.55 Å². The Kier molecular flexibility index (Phi) is 7.31. The molecule has 0 fully saturated rings. The van der Waals surface area contributed by atoms with Crippen molar-refractivity contribution in [3.05, 3.63) is 23.8 Å². The minimum Gasteiger partial charge on any atom is -0.611 e. The Morgan fingerprint density at radius 3 is 2.84 bits per heavy atom. The van der Waals surface area contributed by atoms with E-state index in [2.05, 4.69) is 16.9 Å². The van der Waals surface area contributed by atoms with E-state index in [4.69, 9.17) is 20.2 Å². The molecule has 0 spiro atoms. The summed E-state index contributed by atoms with van der Waals surface area (Å²) in [6.07, 6.45) is 5.38. The van der Waals surface area contributed by atoms with Crippen molar-refractivity contribution in [3.63, 3.8) is 0 Å². The number of fused-ring (bicyclic) bond motifs is 1. The number of methoxy groups -OCH3 is 1. The molecule has 170 valence electrons. The van der Waals surface area contributed by atoms with Crippen LogP contribution < -0.4 is 10.5 Å². The number of hydrogen-bond donors (Lipinski definition) is 1. The number of thiophene rings is 1. The van der Waals surface area contributed by atoms with E-state index in [1.54, 1.807) is 19.5 Å². The fourth-order valence-electron chi connectivity index (χ4n) is 3.29. The summed E-state index contributed by atoms with van der Waals surface area (Å²) in [6, 6.07) is 2.46. The van der Waals surface area contributed by atoms with Crippen LogP contribution in [0, 0.1) is 0 Å². The van der Waals surface area contributed by atoms with E-state index in [0.717, 1.165) is 45.0 Å². The minimum atomic E-state index is -1.16. The van der Waals surface area contributed by atoms with E-state index in [-0.39, 0.29) is 0 Å². The van der Waals surface area contributed by atoms with Crippen LogP contribution >= 0.6 is 22.7 Å². The predicted octanol–water partition coefficient (Wildman–Crippen LogP) is 4.34.